The zero-order valence-corrected chi connectivity index (χ0v) is 18.7. The highest BCUT2D eigenvalue weighted by Crippen LogP contribution is 2.29. The minimum atomic E-state index is -0.735. The van der Waals surface area contributed by atoms with Crippen LogP contribution in [0.5, 0.6) is 11.5 Å². The van der Waals surface area contributed by atoms with Crippen LogP contribution in [-0.4, -0.2) is 35.0 Å². The molecule has 1 amide bonds. The fraction of sp³-hybridized carbons (Fsp3) is 0.227. The van der Waals surface area contributed by atoms with Gasteiger partial charge in [0.2, 0.25) is 0 Å². The molecule has 2 aromatic carbocycles. The zero-order chi connectivity index (χ0) is 23.8. The molecule has 33 heavy (non-hydrogen) atoms. The third-order valence-electron chi connectivity index (χ3n) is 4.21. The van der Waals surface area contributed by atoms with E-state index >= 15 is 0 Å². The molecule has 1 N–H and O–H groups in total. The van der Waals surface area contributed by atoms with E-state index in [0.29, 0.717) is 18.1 Å². The minimum absolute atomic E-state index is 0.0304. The van der Waals surface area contributed by atoms with Gasteiger partial charge in [0.25, 0.3) is 11.6 Å². The molecule has 0 aliphatic rings. The predicted molar refractivity (Wildman–Crippen MR) is 121 cm³/mol. The van der Waals surface area contributed by atoms with Gasteiger partial charge in [0.05, 0.1) is 33.9 Å². The monoisotopic (exact) mass is 471 g/mol. The molecule has 0 spiro atoms. The molecule has 0 unspecified atom stereocenters. The summed E-state index contributed by atoms with van der Waals surface area (Å²) in [5, 5.41) is 16.5. The summed E-state index contributed by atoms with van der Waals surface area (Å²) in [5.41, 5.74) is 0.616. The van der Waals surface area contributed by atoms with E-state index < -0.39 is 23.4 Å². The number of amides is 1. The number of esters is 1. The molecule has 0 aliphatic heterocycles. The second-order valence-corrected chi connectivity index (χ2v) is 7.73. The number of aryl methyl sites for hydroxylation is 1. The number of aromatic nitrogens is 1. The zero-order valence-electron chi connectivity index (χ0n) is 17.9. The van der Waals surface area contributed by atoms with Crippen molar-refractivity contribution < 1.29 is 28.7 Å². The highest BCUT2D eigenvalue weighted by Gasteiger charge is 2.18. The Kier molecular flexibility index (Phi) is 7.92. The standard InChI is InChI=1S/C22H21N3O7S/c1-3-30-18-7-8-19(20(10-18)25(28)29)24-21(26)12-32-22(27)15-5-4-6-17(9-15)31-11-16-13-33-14(2)23-16/h4-10,13H,3,11-12H2,1-2H3,(H,24,26). The van der Waals surface area contributed by atoms with Gasteiger partial charge in [-0.1, -0.05) is 6.07 Å². The molecule has 0 radical (unpaired) electrons. The second kappa shape index (κ2) is 11.0. The SMILES string of the molecule is CCOc1ccc(NC(=O)COC(=O)c2cccc(OCc3csc(C)n3)c2)c([N+](=O)[O-])c1. The lowest BCUT2D eigenvalue weighted by atomic mass is 10.2. The maximum atomic E-state index is 12.3. The number of anilines is 1. The van der Waals surface area contributed by atoms with E-state index in [2.05, 4.69) is 10.3 Å². The summed E-state index contributed by atoms with van der Waals surface area (Å²) in [6.07, 6.45) is 0. The Hall–Kier alpha value is -3.99. The first kappa shape index (κ1) is 23.7. The number of hydrogen-bond acceptors (Lipinski definition) is 9. The summed E-state index contributed by atoms with van der Waals surface area (Å²) in [6, 6.07) is 10.4. The van der Waals surface area contributed by atoms with Crippen LogP contribution >= 0.6 is 11.3 Å². The van der Waals surface area contributed by atoms with Crippen LogP contribution in [0.4, 0.5) is 11.4 Å². The number of hydrogen-bond donors (Lipinski definition) is 1. The Bertz CT molecular complexity index is 1160. The van der Waals surface area contributed by atoms with Gasteiger partial charge in [0.1, 0.15) is 23.8 Å². The van der Waals surface area contributed by atoms with Gasteiger partial charge in [0, 0.05) is 5.38 Å². The molecule has 0 bridgehead atoms. The molecule has 11 heteroatoms. The van der Waals surface area contributed by atoms with Crippen LogP contribution in [0.1, 0.15) is 28.0 Å². The molecule has 0 aliphatic carbocycles. The molecule has 10 nitrogen and oxygen atoms in total. The Balaban J connectivity index is 1.56. The quantitative estimate of drug-likeness (QED) is 0.265. The van der Waals surface area contributed by atoms with Crippen LogP contribution in [0.2, 0.25) is 0 Å². The third-order valence-corrected chi connectivity index (χ3v) is 5.03. The highest BCUT2D eigenvalue weighted by molar-refractivity contribution is 7.09. The maximum absolute atomic E-state index is 12.3. The summed E-state index contributed by atoms with van der Waals surface area (Å²) >= 11 is 1.52. The Morgan fingerprint density at radius 3 is 2.64 bits per heavy atom. The van der Waals surface area contributed by atoms with E-state index in [9.17, 15) is 19.7 Å². The lowest BCUT2D eigenvalue weighted by Gasteiger charge is -2.09. The summed E-state index contributed by atoms with van der Waals surface area (Å²) in [6.45, 7) is 3.63. The van der Waals surface area contributed by atoms with Gasteiger partial charge in [-0.05, 0) is 44.2 Å². The summed E-state index contributed by atoms with van der Waals surface area (Å²) in [4.78, 5) is 39.5. The number of nitro benzene ring substituents is 1. The van der Waals surface area contributed by atoms with Crippen molar-refractivity contribution in [1.29, 1.82) is 0 Å². The first-order valence-corrected chi connectivity index (χ1v) is 10.8. The second-order valence-electron chi connectivity index (χ2n) is 6.67. The summed E-state index contributed by atoms with van der Waals surface area (Å²) in [5.74, 6) is -0.701. The number of nitrogens with zero attached hydrogens (tertiary/aromatic N) is 2. The lowest BCUT2D eigenvalue weighted by Crippen LogP contribution is -2.21. The van der Waals surface area contributed by atoms with E-state index in [4.69, 9.17) is 14.2 Å². The number of carbonyl (C=O) groups excluding carboxylic acids is 2. The number of carbonyl (C=O) groups is 2. The summed E-state index contributed by atoms with van der Waals surface area (Å²) in [7, 11) is 0. The number of ether oxygens (including phenoxy) is 3. The van der Waals surface area contributed by atoms with E-state index in [0.717, 1.165) is 10.7 Å². The van der Waals surface area contributed by atoms with Gasteiger partial charge in [0.15, 0.2) is 6.61 Å². The van der Waals surface area contributed by atoms with Crippen LogP contribution < -0.4 is 14.8 Å². The molecule has 172 valence electrons. The fourth-order valence-corrected chi connectivity index (χ4v) is 3.37. The van der Waals surface area contributed by atoms with E-state index in [1.54, 1.807) is 19.1 Å². The van der Waals surface area contributed by atoms with E-state index in [-0.39, 0.29) is 23.5 Å². The molecule has 0 saturated heterocycles. The first-order valence-electron chi connectivity index (χ1n) is 9.87. The van der Waals surface area contributed by atoms with Crippen molar-refractivity contribution in [2.45, 2.75) is 20.5 Å². The van der Waals surface area contributed by atoms with Gasteiger partial charge >= 0.3 is 5.97 Å². The first-order chi connectivity index (χ1) is 15.9. The summed E-state index contributed by atoms with van der Waals surface area (Å²) < 4.78 is 15.9. The molecule has 0 atom stereocenters. The molecule has 0 fully saturated rings. The van der Waals surface area contributed by atoms with E-state index in [1.165, 1.54) is 41.7 Å². The average Bonchev–Trinajstić information content (AvgIpc) is 3.22. The average molecular weight is 471 g/mol. The molecule has 3 rings (SSSR count). The van der Waals surface area contributed by atoms with Gasteiger partial charge < -0.3 is 19.5 Å². The van der Waals surface area contributed by atoms with Crippen molar-refractivity contribution in [2.75, 3.05) is 18.5 Å². The molecule has 1 aromatic heterocycles. The highest BCUT2D eigenvalue weighted by atomic mass is 32.1. The molecule has 1 heterocycles. The number of thiazole rings is 1. The number of rotatable bonds is 10. The van der Waals surface area contributed by atoms with Crippen LogP contribution in [0.15, 0.2) is 47.8 Å². The Morgan fingerprint density at radius 1 is 1.15 bits per heavy atom. The normalized spacial score (nSPS) is 10.4. The molecular weight excluding hydrogens is 450 g/mol. The van der Waals surface area contributed by atoms with Crippen molar-refractivity contribution in [2.24, 2.45) is 0 Å². The third kappa shape index (κ3) is 6.74. The topological polar surface area (TPSA) is 130 Å². The van der Waals surface area contributed by atoms with Crippen LogP contribution in [0.25, 0.3) is 0 Å². The molecular formula is C22H21N3O7S. The number of benzene rings is 2. The fourth-order valence-electron chi connectivity index (χ4n) is 2.77. The van der Waals surface area contributed by atoms with Crippen LogP contribution in [-0.2, 0) is 16.1 Å². The van der Waals surface area contributed by atoms with Crippen LogP contribution in [0, 0.1) is 17.0 Å². The van der Waals surface area contributed by atoms with Gasteiger partial charge in [-0.3, -0.25) is 14.9 Å². The molecule has 0 saturated carbocycles. The smallest absolute Gasteiger partial charge is 0.338 e. The predicted octanol–water partition coefficient (Wildman–Crippen LogP) is 4.13. The largest absolute Gasteiger partial charge is 0.494 e. The maximum Gasteiger partial charge on any atom is 0.338 e. The van der Waals surface area contributed by atoms with Crippen molar-refractivity contribution in [3.8, 4) is 11.5 Å². The van der Waals surface area contributed by atoms with Crippen molar-refractivity contribution in [3.63, 3.8) is 0 Å². The van der Waals surface area contributed by atoms with Crippen LogP contribution in [0.3, 0.4) is 0 Å². The number of nitrogens with one attached hydrogen (secondary N) is 1. The van der Waals surface area contributed by atoms with Gasteiger partial charge in [-0.25, -0.2) is 9.78 Å². The minimum Gasteiger partial charge on any atom is -0.494 e. The van der Waals surface area contributed by atoms with Crippen molar-refractivity contribution in [3.05, 3.63) is 74.2 Å². The Labute approximate surface area is 193 Å². The van der Waals surface area contributed by atoms with Gasteiger partial charge in [-0.15, -0.1) is 11.3 Å². The number of nitro groups is 1. The van der Waals surface area contributed by atoms with Crippen molar-refractivity contribution >= 4 is 34.6 Å². The van der Waals surface area contributed by atoms with Crippen molar-refractivity contribution in [1.82, 2.24) is 4.98 Å². The molecule has 3 aromatic rings. The van der Waals surface area contributed by atoms with Gasteiger partial charge in [-0.2, -0.15) is 0 Å². The lowest BCUT2D eigenvalue weighted by molar-refractivity contribution is -0.384. The Morgan fingerprint density at radius 2 is 1.94 bits per heavy atom. The van der Waals surface area contributed by atoms with E-state index in [1.807, 2.05) is 12.3 Å².